The van der Waals surface area contributed by atoms with E-state index in [2.05, 4.69) is 20.6 Å². The molecule has 0 aromatic heterocycles. The number of aliphatic imine (C=N–C) groups is 1. The minimum absolute atomic E-state index is 0.0282. The largest absolute Gasteiger partial charge is 0.485 e. The van der Waals surface area contributed by atoms with Gasteiger partial charge in [0.25, 0.3) is 5.91 Å². The summed E-state index contributed by atoms with van der Waals surface area (Å²) in [6.07, 6.45) is 6.14. The molecule has 1 aromatic rings. The Balaban J connectivity index is 1.70. The van der Waals surface area contributed by atoms with E-state index in [1.807, 2.05) is 42.5 Å². The quantitative estimate of drug-likeness (QED) is 0.298. The van der Waals surface area contributed by atoms with Crippen molar-refractivity contribution in [3.63, 3.8) is 0 Å². The van der Waals surface area contributed by atoms with Gasteiger partial charge in [-0.1, -0.05) is 54.1 Å². The number of carbonyl (C=O) groups excluding carboxylic acids is 1. The number of rotatable bonds is 8. The number of nitrogens with two attached hydrogens (primary N) is 1. The molecule has 10 heteroatoms. The molecule has 0 bridgehead atoms. The molecule has 0 fully saturated rings. The van der Waals surface area contributed by atoms with Crippen LogP contribution in [0.15, 0.2) is 80.8 Å². The molecule has 1 atom stereocenters. The number of aliphatic hydroxyl groups is 1. The summed E-state index contributed by atoms with van der Waals surface area (Å²) in [5, 5.41) is 12.4. The zero-order chi connectivity index (χ0) is 22.2. The Labute approximate surface area is 190 Å². The van der Waals surface area contributed by atoms with Crippen molar-refractivity contribution in [1.29, 1.82) is 0 Å². The predicted octanol–water partition coefficient (Wildman–Crippen LogP) is 2.49. The normalized spacial score (nSPS) is 18.9. The standard InChI is InChI=1S/C21H24ClN5O3S/c1-13(19(23)21(29)25-16(11-28)14-7-3-2-4-8-14)24-15-9-5-6-10-18(15)30-12-17-20(22)31-27-26-17/h2-8,10,16,26-28H,9,11-12,23H2,1H3,(H,25,29)/b19-13-,24-15?/t16-/m0/s1. The van der Waals surface area contributed by atoms with E-state index < -0.39 is 11.9 Å². The molecule has 0 spiro atoms. The number of nitrogens with one attached hydrogen (secondary N) is 3. The van der Waals surface area contributed by atoms with Crippen molar-refractivity contribution in [1.82, 2.24) is 15.6 Å². The first-order valence-electron chi connectivity index (χ1n) is 9.56. The van der Waals surface area contributed by atoms with Crippen LogP contribution in [-0.4, -0.2) is 29.9 Å². The molecular weight excluding hydrogens is 438 g/mol. The number of ether oxygens (including phenoxy) is 1. The summed E-state index contributed by atoms with van der Waals surface area (Å²) >= 11 is 7.35. The third-order valence-electron chi connectivity index (χ3n) is 4.56. The fourth-order valence-corrected chi connectivity index (χ4v) is 3.55. The van der Waals surface area contributed by atoms with Gasteiger partial charge in [-0.05, 0) is 30.5 Å². The van der Waals surface area contributed by atoms with Gasteiger partial charge in [0, 0.05) is 6.42 Å². The number of amides is 1. The van der Waals surface area contributed by atoms with Gasteiger partial charge >= 0.3 is 0 Å². The van der Waals surface area contributed by atoms with E-state index >= 15 is 0 Å². The van der Waals surface area contributed by atoms with Gasteiger partial charge in [-0.25, -0.2) is 0 Å². The molecule has 2 aliphatic rings. The molecule has 0 saturated carbocycles. The average molecular weight is 462 g/mol. The summed E-state index contributed by atoms with van der Waals surface area (Å²) in [4.78, 5) is 20.0. The summed E-state index contributed by atoms with van der Waals surface area (Å²) in [7, 11) is 0. The third-order valence-corrected chi connectivity index (χ3v) is 5.65. The summed E-state index contributed by atoms with van der Waals surface area (Å²) in [5.74, 6) is 0.0704. The second-order valence-corrected chi connectivity index (χ2v) is 8.13. The molecule has 1 heterocycles. The van der Waals surface area contributed by atoms with Crippen LogP contribution in [0.1, 0.15) is 24.9 Å². The summed E-state index contributed by atoms with van der Waals surface area (Å²) in [6.45, 7) is 1.65. The fraction of sp³-hybridized carbons (Fsp3) is 0.238. The minimum Gasteiger partial charge on any atom is -0.485 e. The van der Waals surface area contributed by atoms with Crippen LogP contribution in [0.5, 0.6) is 0 Å². The highest BCUT2D eigenvalue weighted by Crippen LogP contribution is 2.25. The van der Waals surface area contributed by atoms with Crippen molar-refractivity contribution in [3.05, 3.63) is 81.3 Å². The molecule has 31 heavy (non-hydrogen) atoms. The van der Waals surface area contributed by atoms with Gasteiger partial charge in [0.05, 0.1) is 29.8 Å². The lowest BCUT2D eigenvalue weighted by Crippen LogP contribution is -2.34. The van der Waals surface area contributed by atoms with Gasteiger partial charge in [-0.2, -0.15) is 4.83 Å². The van der Waals surface area contributed by atoms with Crippen LogP contribution in [0.4, 0.5) is 0 Å². The second kappa shape index (κ2) is 11.1. The van der Waals surface area contributed by atoms with E-state index in [4.69, 9.17) is 22.1 Å². The number of allylic oxidation sites excluding steroid dienone is 5. The second-order valence-electron chi connectivity index (χ2n) is 6.71. The number of carbonyl (C=O) groups is 1. The number of hydrogen-bond donors (Lipinski definition) is 5. The van der Waals surface area contributed by atoms with Crippen LogP contribution in [0, 0.1) is 0 Å². The van der Waals surface area contributed by atoms with Crippen molar-refractivity contribution in [2.24, 2.45) is 10.7 Å². The van der Waals surface area contributed by atoms with E-state index in [1.54, 1.807) is 13.0 Å². The molecule has 1 aliphatic carbocycles. The predicted molar refractivity (Wildman–Crippen MR) is 123 cm³/mol. The van der Waals surface area contributed by atoms with Gasteiger partial charge in [0.15, 0.2) is 0 Å². The molecule has 1 aliphatic heterocycles. The number of hydrogen-bond acceptors (Lipinski definition) is 8. The first-order valence-corrected chi connectivity index (χ1v) is 10.8. The molecule has 0 saturated heterocycles. The van der Waals surface area contributed by atoms with Crippen molar-refractivity contribution < 1.29 is 14.6 Å². The summed E-state index contributed by atoms with van der Waals surface area (Å²) < 4.78 is 6.44. The van der Waals surface area contributed by atoms with Crippen LogP contribution in [0.2, 0.25) is 0 Å². The monoisotopic (exact) mass is 461 g/mol. The molecule has 1 amide bonds. The van der Waals surface area contributed by atoms with E-state index in [0.29, 0.717) is 28.0 Å². The Kier molecular flexibility index (Phi) is 8.19. The molecule has 6 N–H and O–H groups in total. The van der Waals surface area contributed by atoms with Crippen LogP contribution in [-0.2, 0) is 9.53 Å². The maximum atomic E-state index is 12.6. The molecule has 164 valence electrons. The number of halogens is 1. The zero-order valence-electron chi connectivity index (χ0n) is 16.9. The Hall–Kier alpha value is -2.72. The van der Waals surface area contributed by atoms with Crippen LogP contribution in [0.25, 0.3) is 0 Å². The van der Waals surface area contributed by atoms with E-state index in [0.717, 1.165) is 11.3 Å². The van der Waals surface area contributed by atoms with Crippen LogP contribution < -0.4 is 21.3 Å². The Morgan fingerprint density at radius 3 is 2.87 bits per heavy atom. The SMILES string of the molecule is C/C(N=C1CC=CC=C1OCC1=C(Cl)SNN1)=C(/N)C(=O)N[C@@H](CO)c1ccccc1. The highest BCUT2D eigenvalue weighted by molar-refractivity contribution is 8.02. The molecule has 0 unspecified atom stereocenters. The molecule has 8 nitrogen and oxygen atoms in total. The van der Waals surface area contributed by atoms with E-state index in [1.165, 1.54) is 11.9 Å². The minimum atomic E-state index is -0.562. The van der Waals surface area contributed by atoms with Crippen LogP contribution >= 0.6 is 23.5 Å². The van der Waals surface area contributed by atoms with Crippen LogP contribution in [0.3, 0.4) is 0 Å². The van der Waals surface area contributed by atoms with Crippen molar-refractivity contribution >= 4 is 35.2 Å². The molecule has 1 aromatic carbocycles. The van der Waals surface area contributed by atoms with Gasteiger partial charge < -0.3 is 26.3 Å². The smallest absolute Gasteiger partial charge is 0.269 e. The summed E-state index contributed by atoms with van der Waals surface area (Å²) in [6, 6.07) is 8.63. The lowest BCUT2D eigenvalue weighted by molar-refractivity contribution is -0.118. The lowest BCUT2D eigenvalue weighted by atomic mass is 10.1. The molecular formula is C21H24ClN5O3S. The topological polar surface area (TPSA) is 121 Å². The Morgan fingerprint density at radius 2 is 2.19 bits per heavy atom. The average Bonchev–Trinajstić information content (AvgIpc) is 3.21. The first kappa shape index (κ1) is 23.0. The van der Waals surface area contributed by atoms with Gasteiger partial charge in [-0.15, -0.1) is 0 Å². The fourth-order valence-electron chi connectivity index (χ4n) is 2.83. The number of hydrazine groups is 1. The molecule has 0 radical (unpaired) electrons. The highest BCUT2D eigenvalue weighted by atomic mass is 35.5. The number of benzene rings is 1. The maximum absolute atomic E-state index is 12.6. The van der Waals surface area contributed by atoms with Crippen molar-refractivity contribution in [2.75, 3.05) is 13.2 Å². The Morgan fingerprint density at radius 1 is 1.42 bits per heavy atom. The van der Waals surface area contributed by atoms with E-state index in [-0.39, 0.29) is 18.9 Å². The van der Waals surface area contributed by atoms with E-state index in [9.17, 15) is 9.90 Å². The lowest BCUT2D eigenvalue weighted by Gasteiger charge is -2.18. The first-order chi connectivity index (χ1) is 15.0. The number of nitrogens with zero attached hydrogens (tertiary/aromatic N) is 1. The number of aliphatic hydroxyl groups excluding tert-OH is 1. The maximum Gasteiger partial charge on any atom is 0.269 e. The summed E-state index contributed by atoms with van der Waals surface area (Å²) in [5.41, 5.74) is 11.5. The zero-order valence-corrected chi connectivity index (χ0v) is 18.5. The van der Waals surface area contributed by atoms with Crippen molar-refractivity contribution in [3.8, 4) is 0 Å². The Bertz CT molecular complexity index is 972. The highest BCUT2D eigenvalue weighted by Gasteiger charge is 2.19. The van der Waals surface area contributed by atoms with Crippen molar-refractivity contribution in [2.45, 2.75) is 19.4 Å². The van der Waals surface area contributed by atoms with Gasteiger partial charge in [-0.3, -0.25) is 9.79 Å². The van der Waals surface area contributed by atoms with Gasteiger partial charge in [0.2, 0.25) is 0 Å². The van der Waals surface area contributed by atoms with Gasteiger partial charge in [0.1, 0.15) is 22.4 Å². The molecule has 3 rings (SSSR count). The third kappa shape index (κ3) is 6.14.